The number of nitro benzene ring substituents is 1. The third kappa shape index (κ3) is 3.42. The average Bonchev–Trinajstić information content (AvgIpc) is 3.08. The summed E-state index contributed by atoms with van der Waals surface area (Å²) in [4.78, 5) is 22.8. The fourth-order valence-corrected chi connectivity index (χ4v) is 2.43. The highest BCUT2D eigenvalue weighted by molar-refractivity contribution is 6.03. The molecule has 0 saturated carbocycles. The van der Waals surface area contributed by atoms with Gasteiger partial charge in [-0.3, -0.25) is 14.9 Å². The number of hydrogen-bond donors (Lipinski definition) is 1. The van der Waals surface area contributed by atoms with E-state index in [0.717, 1.165) is 11.1 Å². The first-order valence-electron chi connectivity index (χ1n) is 7.68. The van der Waals surface area contributed by atoms with Crippen molar-refractivity contribution in [1.29, 1.82) is 0 Å². The Hall–Kier alpha value is -3.41. The van der Waals surface area contributed by atoms with E-state index in [-0.39, 0.29) is 17.1 Å². The topological polar surface area (TPSA) is 85.4 Å². The third-order valence-corrected chi connectivity index (χ3v) is 3.97. The molecule has 1 N–H and O–H groups in total. The van der Waals surface area contributed by atoms with E-state index in [4.69, 9.17) is 4.42 Å². The molecule has 0 aliphatic heterocycles. The molecule has 25 heavy (non-hydrogen) atoms. The van der Waals surface area contributed by atoms with Crippen LogP contribution in [0.2, 0.25) is 0 Å². The molecule has 0 saturated heterocycles. The van der Waals surface area contributed by atoms with E-state index in [1.807, 2.05) is 32.0 Å². The van der Waals surface area contributed by atoms with Gasteiger partial charge in [0.2, 0.25) is 0 Å². The van der Waals surface area contributed by atoms with Gasteiger partial charge in [-0.2, -0.15) is 0 Å². The maximum atomic E-state index is 12.3. The predicted octanol–water partition coefficient (Wildman–Crippen LogP) is 4.72. The number of hydrogen-bond acceptors (Lipinski definition) is 4. The first-order chi connectivity index (χ1) is 12.0. The lowest BCUT2D eigenvalue weighted by atomic mass is 10.1. The highest BCUT2D eigenvalue weighted by Gasteiger charge is 2.18. The second-order valence-electron chi connectivity index (χ2n) is 5.69. The van der Waals surface area contributed by atoms with Gasteiger partial charge in [0, 0.05) is 11.6 Å². The molecule has 1 amide bonds. The Morgan fingerprint density at radius 1 is 1.04 bits per heavy atom. The maximum absolute atomic E-state index is 12.3. The number of amides is 1. The molecule has 3 rings (SSSR count). The smallest absolute Gasteiger partial charge is 0.292 e. The molecular weight excluding hydrogens is 320 g/mol. The van der Waals surface area contributed by atoms with Crippen LogP contribution in [0.5, 0.6) is 0 Å². The first kappa shape index (κ1) is 16.4. The Morgan fingerprint density at radius 2 is 1.80 bits per heavy atom. The van der Waals surface area contributed by atoms with Gasteiger partial charge in [-0.1, -0.05) is 24.3 Å². The van der Waals surface area contributed by atoms with Gasteiger partial charge >= 0.3 is 0 Å². The van der Waals surface area contributed by atoms with Gasteiger partial charge in [-0.25, -0.2) is 0 Å². The van der Waals surface area contributed by atoms with Gasteiger partial charge in [0.1, 0.15) is 11.4 Å². The molecule has 0 bridgehead atoms. The Balaban J connectivity index is 1.84. The minimum absolute atomic E-state index is 0.0892. The fourth-order valence-electron chi connectivity index (χ4n) is 2.43. The Bertz CT molecular complexity index is 960. The largest absolute Gasteiger partial charge is 0.451 e. The summed E-state index contributed by atoms with van der Waals surface area (Å²) in [6.07, 6.45) is 0. The molecule has 0 aliphatic rings. The summed E-state index contributed by atoms with van der Waals surface area (Å²) in [6, 6.07) is 15.1. The molecule has 6 nitrogen and oxygen atoms in total. The number of carbonyl (C=O) groups excluding carboxylic acids is 1. The minimum atomic E-state index is -0.543. The highest BCUT2D eigenvalue weighted by Crippen LogP contribution is 2.27. The number of para-hydroxylation sites is 2. The van der Waals surface area contributed by atoms with Crippen molar-refractivity contribution in [2.45, 2.75) is 13.8 Å². The molecule has 0 unspecified atom stereocenters. The Morgan fingerprint density at radius 3 is 2.52 bits per heavy atom. The highest BCUT2D eigenvalue weighted by atomic mass is 16.6. The van der Waals surface area contributed by atoms with E-state index >= 15 is 0 Å². The first-order valence-corrected chi connectivity index (χ1v) is 7.68. The van der Waals surface area contributed by atoms with Crippen LogP contribution in [0.1, 0.15) is 21.7 Å². The predicted molar refractivity (Wildman–Crippen MR) is 94.7 cm³/mol. The molecule has 0 atom stereocenters. The van der Waals surface area contributed by atoms with E-state index in [0.29, 0.717) is 5.76 Å². The van der Waals surface area contributed by atoms with Gasteiger partial charge < -0.3 is 9.73 Å². The normalized spacial score (nSPS) is 10.5. The van der Waals surface area contributed by atoms with Crippen molar-refractivity contribution in [2.24, 2.45) is 0 Å². The Labute approximate surface area is 144 Å². The van der Waals surface area contributed by atoms with Crippen molar-refractivity contribution in [3.05, 3.63) is 81.6 Å². The second kappa shape index (κ2) is 6.60. The molecule has 126 valence electrons. The number of nitro groups is 1. The number of anilines is 1. The molecule has 0 aliphatic carbocycles. The monoisotopic (exact) mass is 336 g/mol. The van der Waals surface area contributed by atoms with E-state index < -0.39 is 10.8 Å². The summed E-state index contributed by atoms with van der Waals surface area (Å²) in [6.45, 7) is 4.02. The summed E-state index contributed by atoms with van der Waals surface area (Å²) in [5, 5.41) is 13.5. The quantitative estimate of drug-likeness (QED) is 0.551. The van der Waals surface area contributed by atoms with Crippen LogP contribution in [0.25, 0.3) is 11.3 Å². The van der Waals surface area contributed by atoms with Crippen molar-refractivity contribution in [2.75, 3.05) is 5.32 Å². The number of nitrogens with one attached hydrogen (secondary N) is 1. The summed E-state index contributed by atoms with van der Waals surface area (Å²) in [5.74, 6) is 0.117. The lowest BCUT2D eigenvalue weighted by Crippen LogP contribution is -2.12. The number of aryl methyl sites for hydroxylation is 2. The van der Waals surface area contributed by atoms with Gasteiger partial charge in [0.15, 0.2) is 5.76 Å². The summed E-state index contributed by atoms with van der Waals surface area (Å²) in [5.41, 5.74) is 3.12. The van der Waals surface area contributed by atoms with Crippen LogP contribution >= 0.6 is 0 Å². The number of nitrogens with zero attached hydrogens (tertiary/aromatic N) is 1. The number of rotatable bonds is 4. The van der Waals surface area contributed by atoms with Crippen molar-refractivity contribution in [3.63, 3.8) is 0 Å². The summed E-state index contributed by atoms with van der Waals surface area (Å²) in [7, 11) is 0. The molecule has 3 aromatic rings. The lowest BCUT2D eigenvalue weighted by molar-refractivity contribution is -0.383. The molecule has 1 heterocycles. The summed E-state index contributed by atoms with van der Waals surface area (Å²) < 4.78 is 5.62. The zero-order valence-electron chi connectivity index (χ0n) is 13.8. The van der Waals surface area contributed by atoms with Gasteiger partial charge in [0.25, 0.3) is 11.6 Å². The van der Waals surface area contributed by atoms with Crippen LogP contribution in [0.3, 0.4) is 0 Å². The average molecular weight is 336 g/mol. The van der Waals surface area contributed by atoms with Crippen LogP contribution in [0, 0.1) is 24.0 Å². The molecule has 2 aromatic carbocycles. The van der Waals surface area contributed by atoms with Crippen LogP contribution in [-0.2, 0) is 0 Å². The SMILES string of the molecule is Cc1ccc(-c2ccc(C(=O)Nc3ccccc3[N+](=O)[O-])o2)cc1C. The molecule has 0 radical (unpaired) electrons. The van der Waals surface area contributed by atoms with E-state index in [2.05, 4.69) is 5.32 Å². The number of carbonyl (C=O) groups is 1. The summed E-state index contributed by atoms with van der Waals surface area (Å²) >= 11 is 0. The zero-order chi connectivity index (χ0) is 18.0. The number of benzene rings is 2. The van der Waals surface area contributed by atoms with Crippen LogP contribution in [-0.4, -0.2) is 10.8 Å². The standard InChI is InChI=1S/C19H16N2O4/c1-12-7-8-14(11-13(12)2)17-9-10-18(25-17)19(22)20-15-5-3-4-6-16(15)21(23)24/h3-11H,1-2H3,(H,20,22). The molecule has 0 spiro atoms. The molecular formula is C19H16N2O4. The van der Waals surface area contributed by atoms with E-state index in [1.165, 1.54) is 17.7 Å². The zero-order valence-corrected chi connectivity index (χ0v) is 13.8. The minimum Gasteiger partial charge on any atom is -0.451 e. The van der Waals surface area contributed by atoms with Crippen LogP contribution < -0.4 is 5.32 Å². The van der Waals surface area contributed by atoms with E-state index in [9.17, 15) is 14.9 Å². The third-order valence-electron chi connectivity index (χ3n) is 3.97. The van der Waals surface area contributed by atoms with Crippen molar-refractivity contribution in [1.82, 2.24) is 0 Å². The van der Waals surface area contributed by atoms with Crippen molar-refractivity contribution < 1.29 is 14.1 Å². The van der Waals surface area contributed by atoms with Crippen molar-refractivity contribution >= 4 is 17.3 Å². The molecule has 6 heteroatoms. The van der Waals surface area contributed by atoms with E-state index in [1.54, 1.807) is 24.3 Å². The van der Waals surface area contributed by atoms with Crippen molar-refractivity contribution in [3.8, 4) is 11.3 Å². The number of furan rings is 1. The van der Waals surface area contributed by atoms with Gasteiger partial charge in [-0.15, -0.1) is 0 Å². The Kier molecular flexibility index (Phi) is 4.35. The van der Waals surface area contributed by atoms with Crippen LogP contribution in [0.15, 0.2) is 59.0 Å². The molecule has 1 aromatic heterocycles. The van der Waals surface area contributed by atoms with Gasteiger partial charge in [-0.05, 0) is 49.2 Å². The maximum Gasteiger partial charge on any atom is 0.292 e. The fraction of sp³-hybridized carbons (Fsp3) is 0.105. The lowest BCUT2D eigenvalue weighted by Gasteiger charge is -2.04. The van der Waals surface area contributed by atoms with Gasteiger partial charge in [0.05, 0.1) is 4.92 Å². The molecule has 0 fully saturated rings. The van der Waals surface area contributed by atoms with Crippen LogP contribution in [0.4, 0.5) is 11.4 Å². The second-order valence-corrected chi connectivity index (χ2v) is 5.69.